The zero-order valence-corrected chi connectivity index (χ0v) is 15.4. The van der Waals surface area contributed by atoms with Gasteiger partial charge in [-0.3, -0.25) is 0 Å². The number of nitrogens with one attached hydrogen (secondary N) is 4. The number of halogens is 2. The van der Waals surface area contributed by atoms with Gasteiger partial charge in [-0.1, -0.05) is 0 Å². The van der Waals surface area contributed by atoms with Crippen molar-refractivity contribution in [1.29, 1.82) is 0 Å². The van der Waals surface area contributed by atoms with Crippen LogP contribution in [0.4, 0.5) is 0 Å². The molecule has 4 aromatic rings. The number of H-pyrrole nitrogens is 4. The van der Waals surface area contributed by atoms with Crippen LogP contribution < -0.4 is 24.8 Å². The summed E-state index contributed by atoms with van der Waals surface area (Å²) in [7, 11) is 0. The van der Waals surface area contributed by atoms with Crippen molar-refractivity contribution in [2.24, 2.45) is 0 Å². The predicted molar refractivity (Wildman–Crippen MR) is 84.1 cm³/mol. The molecule has 0 aliphatic heterocycles. The van der Waals surface area contributed by atoms with Crippen molar-refractivity contribution < 1.29 is 52.3 Å². The van der Waals surface area contributed by atoms with Gasteiger partial charge in [0.1, 0.15) is 0 Å². The maximum Gasteiger partial charge on any atom is 2.00 e. The number of aromatic nitrogens is 8. The van der Waals surface area contributed by atoms with Crippen LogP contribution >= 0.6 is 0 Å². The number of aromatic amines is 4. The molecule has 0 fully saturated rings. The molecule has 13 heteroatoms. The third-order valence-electron chi connectivity index (χ3n) is 1.62. The molecule has 0 amide bonds. The van der Waals surface area contributed by atoms with Gasteiger partial charge >= 0.3 is 16.5 Å². The quantitative estimate of drug-likeness (QED) is 0.157. The van der Waals surface area contributed by atoms with Gasteiger partial charge < -0.3 is 55.7 Å². The SMILES string of the molecule is [Cl-].[Cl-].[Ni+2].[OH3+].[OH3+].c1c[nH]cn1.c1c[nH]cn1.c1c[nH]cn1.c1c[nH]cn1. The molecule has 144 valence electrons. The van der Waals surface area contributed by atoms with E-state index in [1.165, 1.54) is 0 Å². The summed E-state index contributed by atoms with van der Waals surface area (Å²) < 4.78 is 0. The van der Waals surface area contributed by atoms with Gasteiger partial charge in [-0.05, 0) is 0 Å². The molecule has 10 N–H and O–H groups in total. The van der Waals surface area contributed by atoms with Crippen molar-refractivity contribution in [2.75, 3.05) is 0 Å². The number of imidazole rings is 4. The predicted octanol–water partition coefficient (Wildman–Crippen LogP) is -6.20. The Morgan fingerprint density at radius 3 is 0.680 bits per heavy atom. The van der Waals surface area contributed by atoms with Gasteiger partial charge in [-0.2, -0.15) is 0 Å². The molecule has 0 saturated heterocycles. The zero-order chi connectivity index (χ0) is 14.1. The summed E-state index contributed by atoms with van der Waals surface area (Å²) in [6, 6.07) is 0. The zero-order valence-electron chi connectivity index (χ0n) is 12.9. The van der Waals surface area contributed by atoms with E-state index in [9.17, 15) is 0 Å². The van der Waals surface area contributed by atoms with E-state index in [-0.39, 0.29) is 52.3 Å². The van der Waals surface area contributed by atoms with E-state index in [1.54, 1.807) is 74.9 Å². The Bertz CT molecular complexity index is 376. The normalized spacial score (nSPS) is 6.40. The minimum atomic E-state index is 0. The standard InChI is InChI=1S/4C3H4N2.2ClH.Ni.2H2O/c4*1-2-5-3-4-1;;;;;/h4*1-3H,(H,4,5);2*1H;;2*1H2/q;;;;;;+2;;. The van der Waals surface area contributed by atoms with Crippen LogP contribution in [0.1, 0.15) is 0 Å². The molecule has 0 saturated carbocycles. The van der Waals surface area contributed by atoms with Gasteiger partial charge in [0.25, 0.3) is 0 Å². The van der Waals surface area contributed by atoms with E-state index in [1.807, 2.05) is 0 Å². The Balaban J connectivity index is -0.0000000667. The second kappa shape index (κ2) is 29.8. The minimum absolute atomic E-state index is 0. The molecule has 0 unspecified atom stereocenters. The second-order valence-corrected chi connectivity index (χ2v) is 3.04. The second-order valence-electron chi connectivity index (χ2n) is 3.04. The van der Waals surface area contributed by atoms with Crippen LogP contribution in [-0.2, 0) is 27.4 Å². The maximum absolute atomic E-state index is 3.67. The topological polar surface area (TPSA) is 181 Å². The number of hydrogen-bond donors (Lipinski definition) is 4. The van der Waals surface area contributed by atoms with Crippen molar-refractivity contribution in [3.05, 3.63) is 74.9 Å². The Morgan fingerprint density at radius 1 is 0.440 bits per heavy atom. The molecular weight excluding hydrogens is 418 g/mol. The van der Waals surface area contributed by atoms with Gasteiger partial charge in [0.15, 0.2) is 0 Å². The Kier molecular flexibility index (Phi) is 40.8. The number of rotatable bonds is 0. The van der Waals surface area contributed by atoms with E-state index >= 15 is 0 Å². The van der Waals surface area contributed by atoms with E-state index in [0.717, 1.165) is 0 Å². The van der Waals surface area contributed by atoms with Gasteiger partial charge in [-0.15, -0.1) is 0 Å². The minimum Gasteiger partial charge on any atom is -1.00 e. The van der Waals surface area contributed by atoms with E-state index in [2.05, 4.69) is 39.9 Å². The smallest absolute Gasteiger partial charge is 1.00 e. The summed E-state index contributed by atoms with van der Waals surface area (Å²) in [5.41, 5.74) is 0. The van der Waals surface area contributed by atoms with Crippen molar-refractivity contribution in [2.45, 2.75) is 0 Å². The van der Waals surface area contributed by atoms with Gasteiger partial charge in [-0.25, -0.2) is 19.9 Å². The fourth-order valence-electron chi connectivity index (χ4n) is 0.861. The van der Waals surface area contributed by atoms with Crippen molar-refractivity contribution in [3.63, 3.8) is 0 Å². The largest absolute Gasteiger partial charge is 2.00 e. The first-order valence-electron chi connectivity index (χ1n) is 5.71. The van der Waals surface area contributed by atoms with Gasteiger partial charge in [0.2, 0.25) is 0 Å². The van der Waals surface area contributed by atoms with Gasteiger partial charge in [0.05, 0.1) is 25.3 Å². The first-order valence-corrected chi connectivity index (χ1v) is 5.71. The van der Waals surface area contributed by atoms with Crippen LogP contribution in [0.5, 0.6) is 0 Å². The van der Waals surface area contributed by atoms with Crippen molar-refractivity contribution in [1.82, 2.24) is 39.9 Å². The fourth-order valence-corrected chi connectivity index (χ4v) is 0.861. The van der Waals surface area contributed by atoms with Crippen LogP contribution in [0.15, 0.2) is 74.9 Å². The average Bonchev–Trinajstić information content (AvgIpc) is 3.40. The van der Waals surface area contributed by atoms with Crippen molar-refractivity contribution in [3.8, 4) is 0 Å². The summed E-state index contributed by atoms with van der Waals surface area (Å²) >= 11 is 0. The van der Waals surface area contributed by atoms with Crippen LogP contribution in [0.25, 0.3) is 0 Å². The Hall–Kier alpha value is -2.17. The fraction of sp³-hybridized carbons (Fsp3) is 0. The maximum atomic E-state index is 3.67. The van der Waals surface area contributed by atoms with Gasteiger partial charge in [0, 0.05) is 49.6 Å². The summed E-state index contributed by atoms with van der Waals surface area (Å²) in [4.78, 5) is 25.7. The molecule has 25 heavy (non-hydrogen) atoms. The summed E-state index contributed by atoms with van der Waals surface area (Å²) in [6.45, 7) is 0. The molecule has 0 bridgehead atoms. The molecule has 0 spiro atoms. The molecular formula is C12H22Cl2N8NiO2+2. The summed E-state index contributed by atoms with van der Waals surface area (Å²) in [5.74, 6) is 0. The van der Waals surface area contributed by atoms with E-state index in [0.29, 0.717) is 0 Å². The molecule has 0 aromatic carbocycles. The van der Waals surface area contributed by atoms with Crippen LogP contribution in [0.3, 0.4) is 0 Å². The molecule has 10 nitrogen and oxygen atoms in total. The van der Waals surface area contributed by atoms with Crippen molar-refractivity contribution >= 4 is 0 Å². The Labute approximate surface area is 167 Å². The average molecular weight is 440 g/mol. The van der Waals surface area contributed by atoms with Crippen LogP contribution in [0, 0.1) is 0 Å². The molecule has 0 radical (unpaired) electrons. The molecule has 4 aromatic heterocycles. The number of nitrogens with zero attached hydrogens (tertiary/aromatic N) is 4. The Morgan fingerprint density at radius 2 is 0.640 bits per heavy atom. The molecule has 0 atom stereocenters. The third kappa shape index (κ3) is 27.0. The molecule has 4 rings (SSSR count). The monoisotopic (exact) mass is 438 g/mol. The summed E-state index contributed by atoms with van der Waals surface area (Å²) in [5, 5.41) is 0. The summed E-state index contributed by atoms with van der Waals surface area (Å²) in [6.07, 6.45) is 20.3. The van der Waals surface area contributed by atoms with E-state index < -0.39 is 0 Å². The van der Waals surface area contributed by atoms with Crippen LogP contribution in [0.2, 0.25) is 0 Å². The molecule has 4 heterocycles. The molecule has 0 aliphatic carbocycles. The molecule has 0 aliphatic rings. The number of hydrogen-bond acceptors (Lipinski definition) is 4. The van der Waals surface area contributed by atoms with E-state index in [4.69, 9.17) is 0 Å². The first kappa shape index (κ1) is 34.2. The third-order valence-corrected chi connectivity index (χ3v) is 1.62. The first-order chi connectivity index (χ1) is 10.0. The van der Waals surface area contributed by atoms with Crippen LogP contribution in [-0.4, -0.2) is 39.9 Å².